The third-order valence-corrected chi connectivity index (χ3v) is 1.06. The van der Waals surface area contributed by atoms with Crippen molar-refractivity contribution in [1.82, 2.24) is 10.6 Å². The Hall–Kier alpha value is -0.650. The highest BCUT2D eigenvalue weighted by Crippen LogP contribution is 2.00. The molecule has 0 aromatic rings. The summed E-state index contributed by atoms with van der Waals surface area (Å²) in [6.07, 6.45) is -5.85. The minimum absolute atomic E-state index is 0.101. The minimum Gasteiger partial charge on any atom is -0.337 e. The largest absolute Gasteiger partial charge is 0.337 e. The molecule has 1 unspecified atom stereocenters. The first-order chi connectivity index (χ1) is 5.57. The van der Waals surface area contributed by atoms with Crippen LogP contribution in [-0.2, 0) is 0 Å². The average molecular weight is 205 g/mol. The number of carbonyl (C=O) groups excluding carboxylic acids is 1. The molecule has 0 bridgehead atoms. The molecule has 0 aliphatic heterocycles. The standard InChI is InChI=1S/C5H8ClF3N2O/c6-1-2-10-5(12)11-4(9)3(7)8/h3-4H,1-2H2,(H2,10,11,12). The molecule has 0 fully saturated rings. The number of halogens is 4. The van der Waals surface area contributed by atoms with Crippen molar-refractivity contribution >= 4 is 17.6 Å². The van der Waals surface area contributed by atoms with Gasteiger partial charge in [-0.3, -0.25) is 0 Å². The van der Waals surface area contributed by atoms with Gasteiger partial charge in [0.2, 0.25) is 6.30 Å². The molecule has 0 radical (unpaired) electrons. The first-order valence-electron chi connectivity index (χ1n) is 3.10. The van der Waals surface area contributed by atoms with Crippen LogP contribution in [0.25, 0.3) is 0 Å². The first kappa shape index (κ1) is 11.4. The van der Waals surface area contributed by atoms with Gasteiger partial charge in [-0.15, -0.1) is 11.6 Å². The lowest BCUT2D eigenvalue weighted by Crippen LogP contribution is -2.43. The fourth-order valence-electron chi connectivity index (χ4n) is 0.400. The highest BCUT2D eigenvalue weighted by atomic mass is 35.5. The highest BCUT2D eigenvalue weighted by molar-refractivity contribution is 6.18. The maximum absolute atomic E-state index is 12.0. The molecule has 7 heteroatoms. The summed E-state index contributed by atoms with van der Waals surface area (Å²) in [4.78, 5) is 10.5. The molecule has 0 saturated carbocycles. The Morgan fingerprint density at radius 2 is 2.00 bits per heavy atom. The summed E-state index contributed by atoms with van der Waals surface area (Å²) in [5.74, 6) is 0.138. The molecule has 0 saturated heterocycles. The summed E-state index contributed by atoms with van der Waals surface area (Å²) in [6.45, 7) is 0.101. The zero-order chi connectivity index (χ0) is 9.56. The monoisotopic (exact) mass is 204 g/mol. The third kappa shape index (κ3) is 5.06. The predicted octanol–water partition coefficient (Wildman–Crippen LogP) is 1.09. The molecule has 72 valence electrons. The van der Waals surface area contributed by atoms with Crippen molar-refractivity contribution in [3.05, 3.63) is 0 Å². The van der Waals surface area contributed by atoms with E-state index >= 15 is 0 Å². The van der Waals surface area contributed by atoms with Gasteiger partial charge >= 0.3 is 6.03 Å². The van der Waals surface area contributed by atoms with Gasteiger partial charge < -0.3 is 10.6 Å². The maximum atomic E-state index is 12.0. The Morgan fingerprint density at radius 1 is 1.42 bits per heavy atom. The van der Waals surface area contributed by atoms with Gasteiger partial charge in [0.15, 0.2) is 0 Å². The summed E-state index contributed by atoms with van der Waals surface area (Å²) in [6, 6.07) is -0.997. The fourth-order valence-corrected chi connectivity index (χ4v) is 0.495. The number of carbonyl (C=O) groups is 1. The summed E-state index contributed by atoms with van der Waals surface area (Å²) in [5, 5.41) is 3.45. The van der Waals surface area contributed by atoms with E-state index in [1.807, 2.05) is 0 Å². The first-order valence-corrected chi connectivity index (χ1v) is 3.64. The van der Waals surface area contributed by atoms with Crippen LogP contribution in [0.1, 0.15) is 0 Å². The Morgan fingerprint density at radius 3 is 2.42 bits per heavy atom. The topological polar surface area (TPSA) is 41.1 Å². The lowest BCUT2D eigenvalue weighted by atomic mass is 10.6. The van der Waals surface area contributed by atoms with E-state index in [0.717, 1.165) is 0 Å². The molecule has 0 aromatic carbocycles. The number of urea groups is 1. The molecule has 1 atom stereocenters. The van der Waals surface area contributed by atoms with Crippen molar-refractivity contribution in [1.29, 1.82) is 0 Å². The number of hydrogen-bond donors (Lipinski definition) is 2. The molecule has 12 heavy (non-hydrogen) atoms. The van der Waals surface area contributed by atoms with E-state index in [1.54, 1.807) is 0 Å². The zero-order valence-electron chi connectivity index (χ0n) is 5.99. The van der Waals surface area contributed by atoms with Gasteiger partial charge in [-0.25, -0.2) is 18.0 Å². The van der Waals surface area contributed by atoms with Crippen molar-refractivity contribution in [2.45, 2.75) is 12.7 Å². The second kappa shape index (κ2) is 5.93. The van der Waals surface area contributed by atoms with E-state index in [4.69, 9.17) is 11.6 Å². The fraction of sp³-hybridized carbons (Fsp3) is 0.800. The quantitative estimate of drug-likeness (QED) is 0.522. The van der Waals surface area contributed by atoms with Crippen LogP contribution < -0.4 is 10.6 Å². The van der Waals surface area contributed by atoms with Gasteiger partial charge in [0, 0.05) is 12.4 Å². The van der Waals surface area contributed by atoms with Gasteiger partial charge in [0.25, 0.3) is 6.43 Å². The van der Waals surface area contributed by atoms with E-state index in [0.29, 0.717) is 0 Å². The second-order valence-corrected chi connectivity index (χ2v) is 2.20. The van der Waals surface area contributed by atoms with Crippen LogP contribution in [0.15, 0.2) is 0 Å². The number of amides is 2. The molecule has 2 N–H and O–H groups in total. The van der Waals surface area contributed by atoms with Crippen LogP contribution in [0.3, 0.4) is 0 Å². The molecule has 3 nitrogen and oxygen atoms in total. The van der Waals surface area contributed by atoms with Gasteiger partial charge in [-0.2, -0.15) is 0 Å². The predicted molar refractivity (Wildman–Crippen MR) is 38.2 cm³/mol. The van der Waals surface area contributed by atoms with Crippen LogP contribution >= 0.6 is 11.6 Å². The Balaban J connectivity index is 3.54. The van der Waals surface area contributed by atoms with Gasteiger partial charge in [0.05, 0.1) is 0 Å². The minimum atomic E-state index is -3.22. The third-order valence-electron chi connectivity index (χ3n) is 0.870. The summed E-state index contributed by atoms with van der Waals surface area (Å²) in [5.41, 5.74) is 0. The average Bonchev–Trinajstić information content (AvgIpc) is 2.00. The molecular formula is C5H8ClF3N2O. The normalized spacial score (nSPS) is 12.8. The molecule has 2 amide bonds. The lowest BCUT2D eigenvalue weighted by Gasteiger charge is -2.09. The smallest absolute Gasteiger partial charge is 0.317 e. The van der Waals surface area contributed by atoms with E-state index in [9.17, 15) is 18.0 Å². The van der Waals surface area contributed by atoms with Crippen molar-refractivity contribution in [2.24, 2.45) is 0 Å². The number of alkyl halides is 4. The molecule has 0 rings (SSSR count). The summed E-state index contributed by atoms with van der Waals surface area (Å²) >= 11 is 5.16. The van der Waals surface area contributed by atoms with Crippen molar-refractivity contribution < 1.29 is 18.0 Å². The van der Waals surface area contributed by atoms with Crippen molar-refractivity contribution in [3.8, 4) is 0 Å². The molecule has 0 aromatic heterocycles. The Labute approximate surface area is 72.3 Å². The van der Waals surface area contributed by atoms with Crippen LogP contribution in [-0.4, -0.2) is 31.2 Å². The maximum Gasteiger partial charge on any atom is 0.317 e. The number of nitrogens with one attached hydrogen (secondary N) is 2. The van der Waals surface area contributed by atoms with Crippen molar-refractivity contribution in [2.75, 3.05) is 12.4 Å². The van der Waals surface area contributed by atoms with E-state index < -0.39 is 18.8 Å². The second-order valence-electron chi connectivity index (χ2n) is 1.83. The summed E-state index contributed by atoms with van der Waals surface area (Å²) < 4.78 is 35.0. The Bertz CT molecular complexity index is 147. The summed E-state index contributed by atoms with van der Waals surface area (Å²) in [7, 11) is 0. The van der Waals surface area contributed by atoms with Gasteiger partial charge in [-0.05, 0) is 0 Å². The van der Waals surface area contributed by atoms with Crippen LogP contribution in [0.2, 0.25) is 0 Å². The molecule has 0 heterocycles. The van der Waals surface area contributed by atoms with Crippen LogP contribution in [0.5, 0.6) is 0 Å². The molecule has 0 aliphatic rings. The highest BCUT2D eigenvalue weighted by Gasteiger charge is 2.20. The van der Waals surface area contributed by atoms with E-state index in [2.05, 4.69) is 5.32 Å². The molecular weight excluding hydrogens is 197 g/mol. The van der Waals surface area contributed by atoms with Crippen molar-refractivity contribution in [3.63, 3.8) is 0 Å². The van der Waals surface area contributed by atoms with Crippen LogP contribution in [0.4, 0.5) is 18.0 Å². The van der Waals surface area contributed by atoms with E-state index in [1.165, 1.54) is 5.32 Å². The number of hydrogen-bond acceptors (Lipinski definition) is 1. The van der Waals surface area contributed by atoms with Gasteiger partial charge in [-0.1, -0.05) is 0 Å². The van der Waals surface area contributed by atoms with E-state index in [-0.39, 0.29) is 12.4 Å². The molecule has 0 spiro atoms. The Kier molecular flexibility index (Phi) is 5.61. The van der Waals surface area contributed by atoms with Crippen LogP contribution in [0, 0.1) is 0 Å². The SMILES string of the molecule is O=C(NCCCl)NC(F)C(F)F. The zero-order valence-corrected chi connectivity index (χ0v) is 6.74. The van der Waals surface area contributed by atoms with Gasteiger partial charge in [0.1, 0.15) is 0 Å². The number of rotatable bonds is 4. The lowest BCUT2D eigenvalue weighted by molar-refractivity contribution is 0.0369. The molecule has 0 aliphatic carbocycles.